The third kappa shape index (κ3) is 49.2. The summed E-state index contributed by atoms with van der Waals surface area (Å²) in [5.41, 5.74) is 0. The van der Waals surface area contributed by atoms with Gasteiger partial charge in [0, 0.05) is 19.3 Å². The summed E-state index contributed by atoms with van der Waals surface area (Å²) in [6, 6.07) is 0. The van der Waals surface area contributed by atoms with E-state index < -0.39 is 6.10 Å². The molecule has 0 aromatic rings. The minimum atomic E-state index is -0.819. The maximum atomic E-state index is 12.8. The van der Waals surface area contributed by atoms with Crippen molar-refractivity contribution in [3.63, 3.8) is 0 Å². The Morgan fingerprint density at radius 2 is 0.587 bits per heavy atom. The highest BCUT2D eigenvalue weighted by molar-refractivity contribution is 5.71. The number of hydrogen-bond donors (Lipinski definition) is 0. The highest BCUT2D eigenvalue weighted by Crippen LogP contribution is 2.13. The van der Waals surface area contributed by atoms with Gasteiger partial charge in [0.1, 0.15) is 13.2 Å². The Morgan fingerprint density at radius 3 is 0.937 bits per heavy atom. The van der Waals surface area contributed by atoms with Crippen LogP contribution in [0.4, 0.5) is 0 Å². The molecule has 0 spiro atoms. The highest BCUT2D eigenvalue weighted by atomic mass is 16.6. The quantitative estimate of drug-likeness (QED) is 0.0262. The van der Waals surface area contributed by atoms with Crippen LogP contribution in [0.3, 0.4) is 0 Å². The molecule has 6 nitrogen and oxygen atoms in total. The molecule has 0 unspecified atom stereocenters. The number of allylic oxidation sites excluding steroid dienone is 16. The molecule has 0 bridgehead atoms. The van der Waals surface area contributed by atoms with E-state index in [0.717, 1.165) is 70.6 Å². The molecule has 0 aliphatic rings. The van der Waals surface area contributed by atoms with Crippen molar-refractivity contribution in [2.24, 2.45) is 0 Å². The molecule has 63 heavy (non-hydrogen) atoms. The van der Waals surface area contributed by atoms with Gasteiger partial charge in [-0.1, -0.05) is 208 Å². The van der Waals surface area contributed by atoms with Gasteiger partial charge in [-0.3, -0.25) is 14.4 Å². The van der Waals surface area contributed by atoms with Crippen molar-refractivity contribution in [3.8, 4) is 0 Å². The molecule has 0 fully saturated rings. The minimum Gasteiger partial charge on any atom is -0.462 e. The lowest BCUT2D eigenvalue weighted by Gasteiger charge is -2.18. The van der Waals surface area contributed by atoms with Crippen molar-refractivity contribution in [3.05, 3.63) is 97.2 Å². The number of esters is 3. The number of carbonyl (C=O) groups excluding carboxylic acids is 3. The number of unbranched alkanes of at least 4 members (excludes halogenated alkanes) is 18. The number of ether oxygens (including phenoxy) is 3. The second kappa shape index (κ2) is 51.0. The topological polar surface area (TPSA) is 78.9 Å². The lowest BCUT2D eigenvalue weighted by molar-refractivity contribution is -0.167. The molecular weight excluding hydrogens is 781 g/mol. The fourth-order valence-electron chi connectivity index (χ4n) is 6.66. The van der Waals surface area contributed by atoms with Crippen LogP contribution >= 0.6 is 0 Å². The molecule has 0 radical (unpaired) electrons. The van der Waals surface area contributed by atoms with Gasteiger partial charge in [-0.05, 0) is 96.3 Å². The van der Waals surface area contributed by atoms with Crippen molar-refractivity contribution >= 4 is 17.9 Å². The van der Waals surface area contributed by atoms with Crippen molar-refractivity contribution < 1.29 is 28.6 Å². The van der Waals surface area contributed by atoms with E-state index in [0.29, 0.717) is 19.3 Å². The van der Waals surface area contributed by atoms with Gasteiger partial charge < -0.3 is 14.2 Å². The molecule has 0 aliphatic carbocycles. The van der Waals surface area contributed by atoms with Gasteiger partial charge in [0.05, 0.1) is 0 Å². The Balaban J connectivity index is 4.54. The van der Waals surface area contributed by atoms with Gasteiger partial charge >= 0.3 is 17.9 Å². The average Bonchev–Trinajstić information content (AvgIpc) is 3.28. The molecule has 0 rings (SSSR count). The monoisotopic (exact) mass is 875 g/mol. The molecule has 0 N–H and O–H groups in total. The molecule has 0 saturated heterocycles. The zero-order valence-electron chi connectivity index (χ0n) is 40.8. The second-order valence-electron chi connectivity index (χ2n) is 16.7. The third-order valence-corrected chi connectivity index (χ3v) is 10.6. The second-order valence-corrected chi connectivity index (χ2v) is 16.7. The molecule has 0 saturated carbocycles. The van der Waals surface area contributed by atoms with E-state index in [1.54, 1.807) is 0 Å². The summed E-state index contributed by atoms with van der Waals surface area (Å²) in [5, 5.41) is 0. The predicted molar refractivity (Wildman–Crippen MR) is 270 cm³/mol. The van der Waals surface area contributed by atoms with Crippen LogP contribution in [-0.4, -0.2) is 37.2 Å². The summed E-state index contributed by atoms with van der Waals surface area (Å²) in [6.45, 7) is 6.47. The van der Waals surface area contributed by atoms with Crippen LogP contribution in [0.25, 0.3) is 0 Å². The van der Waals surface area contributed by atoms with Crippen molar-refractivity contribution in [2.75, 3.05) is 13.2 Å². The molecule has 0 atom stereocenters. The van der Waals surface area contributed by atoms with Crippen LogP contribution in [0.15, 0.2) is 97.2 Å². The Bertz CT molecular complexity index is 1200. The smallest absolute Gasteiger partial charge is 0.306 e. The van der Waals surface area contributed by atoms with Crippen LogP contribution < -0.4 is 0 Å². The summed E-state index contributed by atoms with van der Waals surface area (Å²) in [5.74, 6) is -1.03. The van der Waals surface area contributed by atoms with Crippen LogP contribution in [0.1, 0.15) is 226 Å². The van der Waals surface area contributed by atoms with Gasteiger partial charge in [-0.25, -0.2) is 0 Å². The standard InChI is InChI=1S/C57H94O6/c1-4-7-10-13-16-19-22-24-26-28-30-32-35-37-40-43-46-49-55(58)61-52-54(63-57(60)51-48-45-42-39-34-21-18-15-12-9-6-3)53-62-56(59)50-47-44-41-38-36-33-31-29-27-25-23-20-17-14-11-8-5-2/h16-17,19-20,24-27,30-33,37-38,40-41,54H,4-15,18,21-23,28-29,34-36,39,42-53H2,1-3H3/b19-16-,20-17-,26-24-,27-25-,32-30-,33-31-,40-37-,41-38-. The molecule has 358 valence electrons. The van der Waals surface area contributed by atoms with Gasteiger partial charge in [0.15, 0.2) is 6.10 Å². The lowest BCUT2D eigenvalue weighted by atomic mass is 10.1. The predicted octanol–water partition coefficient (Wildman–Crippen LogP) is 17.0. The fraction of sp³-hybridized carbons (Fsp3) is 0.667. The highest BCUT2D eigenvalue weighted by Gasteiger charge is 2.19. The Labute approximate surface area is 387 Å². The zero-order chi connectivity index (χ0) is 45.8. The first-order valence-corrected chi connectivity index (χ1v) is 25.7. The summed E-state index contributed by atoms with van der Waals surface area (Å²) >= 11 is 0. The summed E-state index contributed by atoms with van der Waals surface area (Å²) < 4.78 is 16.7. The molecule has 0 aliphatic heterocycles. The summed E-state index contributed by atoms with van der Waals surface area (Å²) in [6.07, 6.45) is 66.8. The van der Waals surface area contributed by atoms with Gasteiger partial charge in [0.25, 0.3) is 0 Å². The van der Waals surface area contributed by atoms with Crippen LogP contribution in [0.2, 0.25) is 0 Å². The average molecular weight is 875 g/mol. The molecule has 0 heterocycles. The first kappa shape index (κ1) is 59.3. The normalized spacial score (nSPS) is 12.4. The van der Waals surface area contributed by atoms with E-state index >= 15 is 0 Å². The Hall–Kier alpha value is -3.67. The van der Waals surface area contributed by atoms with Crippen LogP contribution in [0.5, 0.6) is 0 Å². The van der Waals surface area contributed by atoms with Gasteiger partial charge in [0.2, 0.25) is 0 Å². The van der Waals surface area contributed by atoms with Crippen molar-refractivity contribution in [1.29, 1.82) is 0 Å². The van der Waals surface area contributed by atoms with Gasteiger partial charge in [-0.15, -0.1) is 0 Å². The summed E-state index contributed by atoms with van der Waals surface area (Å²) in [4.78, 5) is 37.9. The lowest BCUT2D eigenvalue weighted by Crippen LogP contribution is -2.30. The van der Waals surface area contributed by atoms with Crippen molar-refractivity contribution in [1.82, 2.24) is 0 Å². The SMILES string of the molecule is CCCCC/C=C\C/C=C\C/C=C\C/C=C\CCCC(=O)OCC(COC(=O)CCC/C=C\C/C=C\C/C=C\C/C=C\CCCCC)OC(=O)CCCCCCCCCCCCC. The number of rotatable bonds is 45. The zero-order valence-corrected chi connectivity index (χ0v) is 40.8. The largest absolute Gasteiger partial charge is 0.462 e. The van der Waals surface area contributed by atoms with E-state index in [1.165, 1.54) is 103 Å². The maximum Gasteiger partial charge on any atom is 0.306 e. The summed E-state index contributed by atoms with van der Waals surface area (Å²) in [7, 11) is 0. The first-order valence-electron chi connectivity index (χ1n) is 25.7. The molecule has 6 heteroatoms. The number of hydrogen-bond acceptors (Lipinski definition) is 6. The molecule has 0 amide bonds. The molecule has 0 aromatic heterocycles. The number of carbonyl (C=O) groups is 3. The van der Waals surface area contributed by atoms with E-state index in [-0.39, 0.29) is 44.0 Å². The van der Waals surface area contributed by atoms with Crippen LogP contribution in [-0.2, 0) is 28.6 Å². The van der Waals surface area contributed by atoms with Crippen molar-refractivity contribution in [2.45, 2.75) is 232 Å². The van der Waals surface area contributed by atoms with Crippen LogP contribution in [0, 0.1) is 0 Å². The fourth-order valence-corrected chi connectivity index (χ4v) is 6.66. The van der Waals surface area contributed by atoms with E-state index in [1.807, 2.05) is 0 Å². The first-order chi connectivity index (χ1) is 31.0. The Kier molecular flexibility index (Phi) is 48.0. The van der Waals surface area contributed by atoms with E-state index in [4.69, 9.17) is 14.2 Å². The van der Waals surface area contributed by atoms with E-state index in [9.17, 15) is 14.4 Å². The minimum absolute atomic E-state index is 0.122. The molecule has 0 aromatic carbocycles. The third-order valence-electron chi connectivity index (χ3n) is 10.6. The maximum absolute atomic E-state index is 12.8. The molecular formula is C57H94O6. The Morgan fingerprint density at radius 1 is 0.317 bits per heavy atom. The van der Waals surface area contributed by atoms with Gasteiger partial charge in [-0.2, -0.15) is 0 Å². The van der Waals surface area contributed by atoms with E-state index in [2.05, 4.69) is 118 Å².